The first kappa shape index (κ1) is 20.4. The highest BCUT2D eigenvalue weighted by Crippen LogP contribution is 2.08. The Bertz CT molecular complexity index is 599. The molecule has 0 heterocycles. The summed E-state index contributed by atoms with van der Waals surface area (Å²) in [5.74, 6) is -1.48. The van der Waals surface area contributed by atoms with Crippen LogP contribution in [-0.4, -0.2) is 36.5 Å². The highest BCUT2D eigenvalue weighted by Gasteiger charge is 2.28. The maximum Gasteiger partial charge on any atom is 0.329 e. The van der Waals surface area contributed by atoms with Gasteiger partial charge < -0.3 is 15.4 Å². The topological polar surface area (TPSA) is 84.5 Å². The fourth-order valence-corrected chi connectivity index (χ4v) is 2.12. The lowest BCUT2D eigenvalue weighted by atomic mass is 10.0. The van der Waals surface area contributed by atoms with Gasteiger partial charge in [0.2, 0.25) is 5.91 Å². The zero-order valence-electron chi connectivity index (χ0n) is 15.0. The van der Waals surface area contributed by atoms with Gasteiger partial charge in [-0.25, -0.2) is 4.79 Å². The maximum atomic E-state index is 12.3. The molecule has 6 nitrogen and oxygen atoms in total. The zero-order valence-corrected chi connectivity index (χ0v) is 15.0. The molecule has 2 atom stereocenters. The van der Waals surface area contributed by atoms with E-state index in [9.17, 15) is 14.4 Å². The lowest BCUT2D eigenvalue weighted by molar-refractivity contribution is -0.158. The number of benzene rings is 1. The van der Waals surface area contributed by atoms with Gasteiger partial charge in [-0.1, -0.05) is 50.3 Å². The third kappa shape index (κ3) is 7.20. The molecule has 0 aliphatic heterocycles. The van der Waals surface area contributed by atoms with Crippen LogP contribution in [-0.2, 0) is 25.5 Å². The van der Waals surface area contributed by atoms with Gasteiger partial charge in [0.25, 0.3) is 5.91 Å². The van der Waals surface area contributed by atoms with E-state index in [2.05, 4.69) is 17.2 Å². The summed E-state index contributed by atoms with van der Waals surface area (Å²) in [5, 5.41) is 5.25. The van der Waals surface area contributed by atoms with Gasteiger partial charge in [0.05, 0.1) is 6.42 Å². The van der Waals surface area contributed by atoms with E-state index in [0.29, 0.717) is 6.54 Å². The van der Waals surface area contributed by atoms with Crippen LogP contribution in [0.3, 0.4) is 0 Å². The van der Waals surface area contributed by atoms with Gasteiger partial charge in [0.1, 0.15) is 6.04 Å². The molecule has 0 aliphatic rings. The summed E-state index contributed by atoms with van der Waals surface area (Å²) in [7, 11) is 0. The second kappa shape index (κ2) is 10.3. The van der Waals surface area contributed by atoms with Crippen molar-refractivity contribution in [3.8, 4) is 0 Å². The van der Waals surface area contributed by atoms with Crippen molar-refractivity contribution >= 4 is 17.8 Å². The summed E-state index contributed by atoms with van der Waals surface area (Å²) in [4.78, 5) is 36.3. The smallest absolute Gasteiger partial charge is 0.329 e. The van der Waals surface area contributed by atoms with Crippen molar-refractivity contribution in [3.63, 3.8) is 0 Å². The van der Waals surface area contributed by atoms with Gasteiger partial charge in [-0.05, 0) is 18.4 Å². The molecule has 136 valence electrons. The maximum absolute atomic E-state index is 12.3. The van der Waals surface area contributed by atoms with Gasteiger partial charge in [-0.2, -0.15) is 0 Å². The molecule has 0 unspecified atom stereocenters. The summed E-state index contributed by atoms with van der Waals surface area (Å²) >= 11 is 0. The second-order valence-corrected chi connectivity index (χ2v) is 6.06. The molecule has 1 aromatic rings. The Morgan fingerprint density at radius 3 is 2.36 bits per heavy atom. The summed E-state index contributed by atoms with van der Waals surface area (Å²) in [6, 6.07) is 8.43. The van der Waals surface area contributed by atoms with Crippen LogP contribution in [0.25, 0.3) is 0 Å². The first-order chi connectivity index (χ1) is 11.8. The SMILES string of the molecule is C=CCNC(=O)[C@H](C)OC(=O)[C@@H](NC(=O)Cc1ccccc1)C(C)C. The normalized spacial score (nSPS) is 12.8. The van der Waals surface area contributed by atoms with Crippen molar-refractivity contribution in [2.45, 2.75) is 39.3 Å². The van der Waals surface area contributed by atoms with E-state index >= 15 is 0 Å². The molecule has 25 heavy (non-hydrogen) atoms. The van der Waals surface area contributed by atoms with Crippen LogP contribution < -0.4 is 10.6 Å². The van der Waals surface area contributed by atoms with Crippen LogP contribution >= 0.6 is 0 Å². The van der Waals surface area contributed by atoms with Crippen LogP contribution in [0.1, 0.15) is 26.3 Å². The van der Waals surface area contributed by atoms with Crippen LogP contribution in [0.4, 0.5) is 0 Å². The van der Waals surface area contributed by atoms with Crippen molar-refractivity contribution < 1.29 is 19.1 Å². The molecule has 0 spiro atoms. The predicted octanol–water partition coefficient (Wildman–Crippen LogP) is 1.60. The number of rotatable bonds is 9. The molecule has 0 aliphatic carbocycles. The molecule has 6 heteroatoms. The minimum Gasteiger partial charge on any atom is -0.451 e. The number of ether oxygens (including phenoxy) is 1. The van der Waals surface area contributed by atoms with E-state index in [1.807, 2.05) is 30.3 Å². The van der Waals surface area contributed by atoms with Gasteiger partial charge in [-0.15, -0.1) is 6.58 Å². The number of amides is 2. The quantitative estimate of drug-likeness (QED) is 0.525. The van der Waals surface area contributed by atoms with Gasteiger partial charge in [0, 0.05) is 6.54 Å². The fraction of sp³-hybridized carbons (Fsp3) is 0.421. The third-order valence-corrected chi connectivity index (χ3v) is 3.53. The number of nitrogens with one attached hydrogen (secondary N) is 2. The highest BCUT2D eigenvalue weighted by molar-refractivity contribution is 5.88. The van der Waals surface area contributed by atoms with E-state index in [-0.39, 0.29) is 18.2 Å². The van der Waals surface area contributed by atoms with E-state index < -0.39 is 24.0 Å². The third-order valence-electron chi connectivity index (χ3n) is 3.53. The van der Waals surface area contributed by atoms with Crippen LogP contribution in [0.5, 0.6) is 0 Å². The van der Waals surface area contributed by atoms with Crippen molar-refractivity contribution in [3.05, 3.63) is 48.6 Å². The Hall–Kier alpha value is -2.63. The van der Waals surface area contributed by atoms with Crippen LogP contribution in [0.2, 0.25) is 0 Å². The molecule has 2 amide bonds. The lowest BCUT2D eigenvalue weighted by Crippen LogP contribution is -2.48. The molecule has 0 saturated heterocycles. The summed E-state index contributed by atoms with van der Waals surface area (Å²) in [5.41, 5.74) is 0.855. The number of esters is 1. The summed E-state index contributed by atoms with van der Waals surface area (Å²) in [6.07, 6.45) is 0.764. The summed E-state index contributed by atoms with van der Waals surface area (Å²) in [6.45, 7) is 8.89. The van der Waals surface area contributed by atoms with E-state index in [1.165, 1.54) is 13.0 Å². The molecule has 0 radical (unpaired) electrons. The molecule has 0 saturated carbocycles. The minimum absolute atomic E-state index is 0.171. The number of carbonyl (C=O) groups is 3. The molecule has 1 aromatic carbocycles. The zero-order chi connectivity index (χ0) is 18.8. The van der Waals surface area contributed by atoms with Gasteiger partial charge in [-0.3, -0.25) is 9.59 Å². The number of carbonyl (C=O) groups excluding carboxylic acids is 3. The second-order valence-electron chi connectivity index (χ2n) is 6.06. The lowest BCUT2D eigenvalue weighted by Gasteiger charge is -2.23. The first-order valence-corrected chi connectivity index (χ1v) is 8.27. The van der Waals surface area contributed by atoms with Crippen molar-refractivity contribution in [1.82, 2.24) is 10.6 Å². The molecular weight excluding hydrogens is 320 g/mol. The predicted molar refractivity (Wildman–Crippen MR) is 95.7 cm³/mol. The molecule has 0 bridgehead atoms. The Morgan fingerprint density at radius 1 is 1.16 bits per heavy atom. The highest BCUT2D eigenvalue weighted by atomic mass is 16.5. The Morgan fingerprint density at radius 2 is 1.80 bits per heavy atom. The largest absolute Gasteiger partial charge is 0.451 e. The summed E-state index contributed by atoms with van der Waals surface area (Å²) < 4.78 is 5.18. The van der Waals surface area contributed by atoms with E-state index in [1.54, 1.807) is 13.8 Å². The minimum atomic E-state index is -0.945. The average molecular weight is 346 g/mol. The van der Waals surface area contributed by atoms with E-state index in [4.69, 9.17) is 4.74 Å². The number of hydrogen-bond acceptors (Lipinski definition) is 4. The van der Waals surface area contributed by atoms with E-state index in [0.717, 1.165) is 5.56 Å². The van der Waals surface area contributed by atoms with Crippen molar-refractivity contribution in [2.75, 3.05) is 6.54 Å². The van der Waals surface area contributed by atoms with Crippen LogP contribution in [0, 0.1) is 5.92 Å². The molecule has 0 aromatic heterocycles. The Balaban J connectivity index is 2.62. The van der Waals surface area contributed by atoms with Crippen LogP contribution in [0.15, 0.2) is 43.0 Å². The molecule has 1 rings (SSSR count). The monoisotopic (exact) mass is 346 g/mol. The molecule has 2 N–H and O–H groups in total. The molecular formula is C19H26N2O4. The fourth-order valence-electron chi connectivity index (χ4n) is 2.12. The van der Waals surface area contributed by atoms with Gasteiger partial charge >= 0.3 is 5.97 Å². The molecule has 0 fully saturated rings. The Labute approximate surface area is 148 Å². The standard InChI is InChI=1S/C19H26N2O4/c1-5-11-20-18(23)14(4)25-19(24)17(13(2)3)21-16(22)12-15-9-7-6-8-10-15/h5-10,13-14,17H,1,11-12H2,2-4H3,(H,20,23)(H,21,22)/t14-,17-/m0/s1. The average Bonchev–Trinajstić information content (AvgIpc) is 2.57. The number of hydrogen-bond donors (Lipinski definition) is 2. The van der Waals surface area contributed by atoms with Gasteiger partial charge in [0.15, 0.2) is 6.10 Å². The Kier molecular flexibility index (Phi) is 8.39. The first-order valence-electron chi connectivity index (χ1n) is 8.27. The van der Waals surface area contributed by atoms with Crippen molar-refractivity contribution in [2.24, 2.45) is 5.92 Å². The van der Waals surface area contributed by atoms with Crippen molar-refractivity contribution in [1.29, 1.82) is 0 Å².